The standard InChI is InChI=1S/C13H13N5O2S.C3H8/c1-14-21(20)9-4-2-8(3-5-9)16-12-11-10(17-18-12)6-7-15-13(11)19;1-3-2/h2-7,14H,1H3,(H,15,19)(H2,16,17,18);3H2,1-2H3. The van der Waals surface area contributed by atoms with Crippen molar-refractivity contribution in [2.45, 2.75) is 25.2 Å². The Morgan fingerprint density at radius 3 is 2.46 bits per heavy atom. The van der Waals surface area contributed by atoms with Gasteiger partial charge in [0, 0.05) is 11.9 Å². The number of aromatic amines is 2. The van der Waals surface area contributed by atoms with E-state index in [1.165, 1.54) is 6.42 Å². The summed E-state index contributed by atoms with van der Waals surface area (Å²) in [5.41, 5.74) is 1.20. The van der Waals surface area contributed by atoms with E-state index >= 15 is 0 Å². The molecule has 0 amide bonds. The number of anilines is 2. The normalized spacial score (nSPS) is 11.6. The van der Waals surface area contributed by atoms with E-state index in [4.69, 9.17) is 0 Å². The maximum absolute atomic E-state index is 11.8. The van der Waals surface area contributed by atoms with Crippen molar-refractivity contribution in [3.05, 3.63) is 46.9 Å². The first-order chi connectivity index (χ1) is 11.6. The van der Waals surface area contributed by atoms with E-state index in [2.05, 4.69) is 39.1 Å². The largest absolute Gasteiger partial charge is 0.338 e. The van der Waals surface area contributed by atoms with Crippen LogP contribution in [0, 0.1) is 0 Å². The zero-order valence-corrected chi connectivity index (χ0v) is 14.7. The van der Waals surface area contributed by atoms with Crippen LogP contribution in [0.25, 0.3) is 10.9 Å². The van der Waals surface area contributed by atoms with Crippen LogP contribution in [0.2, 0.25) is 0 Å². The van der Waals surface area contributed by atoms with Gasteiger partial charge in [-0.1, -0.05) is 20.3 Å². The molecule has 0 bridgehead atoms. The average Bonchev–Trinajstić information content (AvgIpc) is 3.00. The Kier molecular flexibility index (Phi) is 6.28. The van der Waals surface area contributed by atoms with Crippen LogP contribution in [-0.2, 0) is 11.0 Å². The fourth-order valence-corrected chi connectivity index (χ4v) is 2.60. The van der Waals surface area contributed by atoms with Gasteiger partial charge >= 0.3 is 0 Å². The fourth-order valence-electron chi connectivity index (χ4n) is 1.99. The summed E-state index contributed by atoms with van der Waals surface area (Å²) in [4.78, 5) is 15.1. The first kappa shape index (κ1) is 17.9. The predicted molar refractivity (Wildman–Crippen MR) is 97.9 cm³/mol. The molecule has 2 aromatic heterocycles. The van der Waals surface area contributed by atoms with Crippen LogP contribution in [0.4, 0.5) is 11.5 Å². The molecule has 0 aliphatic carbocycles. The number of nitrogens with zero attached hydrogens (tertiary/aromatic N) is 1. The number of rotatable bonds is 4. The molecule has 8 heteroatoms. The summed E-state index contributed by atoms with van der Waals surface area (Å²) in [5, 5.41) is 10.4. The van der Waals surface area contributed by atoms with E-state index < -0.39 is 11.0 Å². The first-order valence-corrected chi connectivity index (χ1v) is 8.77. The van der Waals surface area contributed by atoms with Crippen molar-refractivity contribution in [1.29, 1.82) is 0 Å². The minimum atomic E-state index is -1.22. The molecule has 0 saturated carbocycles. The lowest BCUT2D eigenvalue weighted by atomic mass is 10.3. The van der Waals surface area contributed by atoms with Gasteiger partial charge in [0.05, 0.1) is 10.4 Å². The molecule has 1 unspecified atom stereocenters. The number of aromatic nitrogens is 3. The quantitative estimate of drug-likeness (QED) is 0.582. The maximum atomic E-state index is 11.8. The molecule has 2 heterocycles. The minimum absolute atomic E-state index is 0.211. The third-order valence-electron chi connectivity index (χ3n) is 3.00. The highest BCUT2D eigenvalue weighted by Gasteiger charge is 2.09. The third kappa shape index (κ3) is 4.09. The molecule has 0 aliphatic rings. The zero-order chi connectivity index (χ0) is 17.5. The lowest BCUT2D eigenvalue weighted by Gasteiger charge is -2.05. The second-order valence-electron chi connectivity index (χ2n) is 5.00. The molecule has 3 aromatic rings. The summed E-state index contributed by atoms with van der Waals surface area (Å²) in [6.45, 7) is 4.25. The van der Waals surface area contributed by atoms with Crippen molar-refractivity contribution < 1.29 is 4.21 Å². The van der Waals surface area contributed by atoms with E-state index in [-0.39, 0.29) is 5.56 Å². The summed E-state index contributed by atoms with van der Waals surface area (Å²) >= 11 is 0. The average molecular weight is 347 g/mol. The molecule has 1 aromatic carbocycles. The monoisotopic (exact) mass is 347 g/mol. The molecule has 4 N–H and O–H groups in total. The van der Waals surface area contributed by atoms with Gasteiger partial charge in [-0.2, -0.15) is 5.10 Å². The molecule has 0 aliphatic heterocycles. The number of H-pyrrole nitrogens is 2. The maximum Gasteiger partial charge on any atom is 0.261 e. The van der Waals surface area contributed by atoms with Gasteiger partial charge in [-0.15, -0.1) is 0 Å². The van der Waals surface area contributed by atoms with Crippen molar-refractivity contribution in [1.82, 2.24) is 19.9 Å². The predicted octanol–water partition coefficient (Wildman–Crippen LogP) is 2.65. The lowest BCUT2D eigenvalue weighted by Crippen LogP contribution is -2.10. The smallest absolute Gasteiger partial charge is 0.261 e. The van der Waals surface area contributed by atoms with Gasteiger partial charge in [0.15, 0.2) is 5.82 Å². The van der Waals surface area contributed by atoms with Crippen LogP contribution in [0.5, 0.6) is 0 Å². The van der Waals surface area contributed by atoms with E-state index in [0.29, 0.717) is 21.6 Å². The third-order valence-corrected chi connectivity index (χ3v) is 4.07. The number of fused-ring (bicyclic) bond motifs is 1. The van der Waals surface area contributed by atoms with Crippen molar-refractivity contribution in [3.8, 4) is 0 Å². The van der Waals surface area contributed by atoms with Gasteiger partial charge in [-0.05, 0) is 37.4 Å². The van der Waals surface area contributed by atoms with Crippen LogP contribution >= 0.6 is 0 Å². The lowest BCUT2D eigenvalue weighted by molar-refractivity contribution is 0.678. The molecule has 3 rings (SSSR count). The highest BCUT2D eigenvalue weighted by molar-refractivity contribution is 7.83. The topological polar surface area (TPSA) is 103 Å². The fraction of sp³-hybridized carbons (Fsp3) is 0.250. The molecule has 0 saturated heterocycles. The summed E-state index contributed by atoms with van der Waals surface area (Å²) < 4.78 is 14.2. The van der Waals surface area contributed by atoms with Crippen LogP contribution in [-0.4, -0.2) is 26.4 Å². The Hall–Kier alpha value is -2.45. The molecular formula is C16H21N5O2S. The molecule has 0 radical (unpaired) electrons. The molecule has 0 spiro atoms. The molecule has 1 atom stereocenters. The molecule has 0 fully saturated rings. The zero-order valence-electron chi connectivity index (χ0n) is 13.8. The van der Waals surface area contributed by atoms with Gasteiger partial charge in [-0.25, -0.2) is 8.93 Å². The Morgan fingerprint density at radius 2 is 1.83 bits per heavy atom. The van der Waals surface area contributed by atoms with E-state index in [9.17, 15) is 9.00 Å². The van der Waals surface area contributed by atoms with Crippen molar-refractivity contribution in [3.63, 3.8) is 0 Å². The second-order valence-corrected chi connectivity index (χ2v) is 6.41. The minimum Gasteiger partial charge on any atom is -0.338 e. The summed E-state index contributed by atoms with van der Waals surface area (Å²) in [6.07, 6.45) is 2.81. The molecule has 128 valence electrons. The molecular weight excluding hydrogens is 326 g/mol. The second kappa shape index (κ2) is 8.42. The van der Waals surface area contributed by atoms with Crippen LogP contribution in [0.3, 0.4) is 0 Å². The molecule has 24 heavy (non-hydrogen) atoms. The summed E-state index contributed by atoms with van der Waals surface area (Å²) in [7, 11) is 0.412. The van der Waals surface area contributed by atoms with Crippen molar-refractivity contribution >= 4 is 33.4 Å². The Balaban J connectivity index is 0.000000647. The number of benzene rings is 1. The summed E-state index contributed by atoms with van der Waals surface area (Å²) in [6, 6.07) is 8.79. The number of hydrogen-bond donors (Lipinski definition) is 4. The van der Waals surface area contributed by atoms with Crippen molar-refractivity contribution in [2.75, 3.05) is 12.4 Å². The SMILES string of the molecule is CCC.CNS(=O)c1ccc(Nc2n[nH]c3cc[nH]c(=O)c23)cc1. The highest BCUT2D eigenvalue weighted by Crippen LogP contribution is 2.21. The number of hydrogen-bond acceptors (Lipinski definition) is 4. The van der Waals surface area contributed by atoms with Gasteiger partial charge < -0.3 is 10.3 Å². The molecule has 7 nitrogen and oxygen atoms in total. The van der Waals surface area contributed by atoms with Gasteiger partial charge in [0.25, 0.3) is 5.56 Å². The van der Waals surface area contributed by atoms with E-state index in [1.54, 1.807) is 43.6 Å². The Labute approximate surface area is 142 Å². The van der Waals surface area contributed by atoms with Crippen molar-refractivity contribution in [2.24, 2.45) is 0 Å². The van der Waals surface area contributed by atoms with Gasteiger partial charge in [0.1, 0.15) is 16.4 Å². The first-order valence-electron chi connectivity index (χ1n) is 7.62. The van der Waals surface area contributed by atoms with E-state index in [1.807, 2.05) is 0 Å². The Bertz CT molecular complexity index is 870. The van der Waals surface area contributed by atoms with E-state index in [0.717, 1.165) is 5.69 Å². The number of pyridine rings is 1. The summed E-state index contributed by atoms with van der Waals surface area (Å²) in [5.74, 6) is 0.453. The van der Waals surface area contributed by atoms with Crippen LogP contribution in [0.1, 0.15) is 20.3 Å². The number of nitrogens with one attached hydrogen (secondary N) is 4. The highest BCUT2D eigenvalue weighted by atomic mass is 32.2. The van der Waals surface area contributed by atoms with Crippen LogP contribution in [0.15, 0.2) is 46.2 Å². The van der Waals surface area contributed by atoms with Gasteiger partial charge in [0.2, 0.25) is 0 Å². The Morgan fingerprint density at radius 1 is 1.17 bits per heavy atom. The van der Waals surface area contributed by atoms with Crippen LogP contribution < -0.4 is 15.6 Å². The van der Waals surface area contributed by atoms with Gasteiger partial charge in [-0.3, -0.25) is 9.89 Å².